The molecule has 2 aromatic carbocycles. The highest BCUT2D eigenvalue weighted by molar-refractivity contribution is 5.62. The molecule has 3 unspecified atom stereocenters. The first-order chi connectivity index (χ1) is 33.0. The van der Waals surface area contributed by atoms with Crippen LogP contribution in [-0.4, -0.2) is 88.2 Å². The molecule has 0 bridgehead atoms. The van der Waals surface area contributed by atoms with Gasteiger partial charge in [-0.05, 0) is 147 Å². The average Bonchev–Trinajstić information content (AvgIpc) is 4.28. The van der Waals surface area contributed by atoms with Gasteiger partial charge in [0.05, 0.1) is 12.2 Å². The van der Waals surface area contributed by atoms with E-state index >= 15 is 0 Å². The van der Waals surface area contributed by atoms with Gasteiger partial charge in [0.15, 0.2) is 23.0 Å². The molecule has 0 amide bonds. The lowest BCUT2D eigenvalue weighted by molar-refractivity contribution is -0.202. The van der Waals surface area contributed by atoms with Crippen molar-refractivity contribution >= 4 is 0 Å². The van der Waals surface area contributed by atoms with E-state index in [4.69, 9.17) is 28.4 Å². The summed E-state index contributed by atoms with van der Waals surface area (Å²) in [6.45, 7) is 33.9. The fourth-order valence-corrected chi connectivity index (χ4v) is 15.4. The second-order valence-corrected chi connectivity index (χ2v) is 24.8. The van der Waals surface area contributed by atoms with Crippen molar-refractivity contribution in [3.63, 3.8) is 0 Å². The Labute approximate surface area is 419 Å². The molecule has 4 fully saturated rings. The van der Waals surface area contributed by atoms with Crippen LogP contribution < -0.4 is 29.6 Å². The quantitative estimate of drug-likeness (QED) is 0.134. The molecule has 9 nitrogen and oxygen atoms in total. The third-order valence-corrected chi connectivity index (χ3v) is 19.3. The van der Waals surface area contributed by atoms with Gasteiger partial charge < -0.3 is 44.2 Å². The summed E-state index contributed by atoms with van der Waals surface area (Å²) in [5.41, 5.74) is 4.36. The molecule has 2 aromatic rings. The zero-order valence-electron chi connectivity index (χ0n) is 46.1. The lowest BCUT2D eigenvalue weighted by atomic mass is 9.46. The van der Waals surface area contributed by atoms with Gasteiger partial charge in [-0.25, -0.2) is 0 Å². The lowest BCUT2D eigenvalue weighted by Crippen LogP contribution is -2.70. The Kier molecular flexibility index (Phi) is 15.3. The summed E-state index contributed by atoms with van der Waals surface area (Å²) in [5.74, 6) is 6.55. The Morgan fingerprint density at radius 1 is 0.696 bits per heavy atom. The van der Waals surface area contributed by atoms with Gasteiger partial charge in [0.25, 0.3) is 0 Å². The first kappa shape index (κ1) is 52.8. The maximum atomic E-state index is 12.2. The number of nitrogens with one attached hydrogen (secondary N) is 2. The molecule has 388 valence electrons. The molecule has 9 heteroatoms. The summed E-state index contributed by atoms with van der Waals surface area (Å²) in [4.78, 5) is 0. The first-order valence-electron chi connectivity index (χ1n) is 28.1. The number of ether oxygens (including phenoxy) is 6. The molecule has 69 heavy (non-hydrogen) atoms. The number of methoxy groups -OCH3 is 2. The van der Waals surface area contributed by atoms with E-state index in [1.165, 1.54) is 47.9 Å². The number of rotatable bonds is 17. The molecule has 4 saturated carbocycles. The van der Waals surface area contributed by atoms with E-state index in [1.807, 2.05) is 41.9 Å². The average molecular weight is 957 g/mol. The molecule has 0 aromatic heterocycles. The van der Waals surface area contributed by atoms with Crippen LogP contribution in [0.25, 0.3) is 0 Å². The van der Waals surface area contributed by atoms with Crippen LogP contribution in [0, 0.1) is 51.8 Å². The Bertz CT molecular complexity index is 2090. The van der Waals surface area contributed by atoms with Crippen LogP contribution in [0.5, 0.6) is 23.0 Å². The van der Waals surface area contributed by atoms with Crippen LogP contribution in [0.15, 0.2) is 24.3 Å². The van der Waals surface area contributed by atoms with Crippen LogP contribution in [0.3, 0.4) is 0 Å². The Morgan fingerprint density at radius 2 is 1.17 bits per heavy atom. The minimum absolute atomic E-state index is 0.0118. The van der Waals surface area contributed by atoms with Gasteiger partial charge in [0, 0.05) is 53.7 Å². The molecular formula is C60H96N2O7. The smallest absolute Gasteiger partial charge is 0.165 e. The van der Waals surface area contributed by atoms with Crippen molar-refractivity contribution in [3.8, 4) is 23.0 Å². The molecule has 0 saturated heterocycles. The summed E-state index contributed by atoms with van der Waals surface area (Å²) in [6.07, 6.45) is 10.0. The molecule has 3 N–H and O–H groups in total. The maximum Gasteiger partial charge on any atom is 0.165 e. The highest BCUT2D eigenvalue weighted by Crippen LogP contribution is 2.67. The Morgan fingerprint density at radius 3 is 1.61 bits per heavy atom. The number of hydrogen-bond acceptors (Lipinski definition) is 9. The Balaban J connectivity index is 0.00000156. The number of benzene rings is 2. The minimum Gasteiger partial charge on any atom is -0.486 e. The van der Waals surface area contributed by atoms with Crippen molar-refractivity contribution in [1.29, 1.82) is 0 Å². The number of aliphatic hydroxyl groups is 1. The van der Waals surface area contributed by atoms with Crippen molar-refractivity contribution in [2.45, 2.75) is 215 Å². The van der Waals surface area contributed by atoms with Crippen LogP contribution in [0.4, 0.5) is 0 Å². The molecular weight excluding hydrogens is 861 g/mol. The van der Waals surface area contributed by atoms with Gasteiger partial charge >= 0.3 is 0 Å². The summed E-state index contributed by atoms with van der Waals surface area (Å²) in [6, 6.07) is 9.62. The largest absolute Gasteiger partial charge is 0.486 e. The van der Waals surface area contributed by atoms with Gasteiger partial charge in [-0.15, -0.1) is 0 Å². The number of aliphatic hydroxyl groups excluding tert-OH is 1. The van der Waals surface area contributed by atoms with Gasteiger partial charge in [0.2, 0.25) is 0 Å². The van der Waals surface area contributed by atoms with Crippen molar-refractivity contribution < 1.29 is 33.5 Å². The van der Waals surface area contributed by atoms with Gasteiger partial charge in [-0.1, -0.05) is 109 Å². The second kappa shape index (κ2) is 20.0. The third kappa shape index (κ3) is 8.76. The van der Waals surface area contributed by atoms with Crippen molar-refractivity contribution in [2.24, 2.45) is 51.8 Å². The molecule has 10 rings (SSSR count). The molecule has 6 aliphatic carbocycles. The second-order valence-electron chi connectivity index (χ2n) is 24.8. The molecule has 2 heterocycles. The number of hydrogen-bond donors (Lipinski definition) is 3. The molecule has 8 aliphatic rings. The van der Waals surface area contributed by atoms with Gasteiger partial charge in [-0.2, -0.15) is 0 Å². The SMILES string of the molecule is CC.CC.CC[C@]12c3c4ccc(OCCOc5ccc6c7c5O[C@H]5[C@H](OC)[C@@](C)([C@@H](O)C(C)(C)C)CC([C@H](NCC8CC8)C6)[C@@]75CC)c3O[C@H]1C(OC)[C@@H]([C@@H](C)C(C)(C)C)CC2[C@H](NCC1CC1)C4. The predicted molar refractivity (Wildman–Crippen MR) is 279 cm³/mol. The van der Waals surface area contributed by atoms with Gasteiger partial charge in [0.1, 0.15) is 31.5 Å². The normalized spacial score (nSPS) is 35.5. The van der Waals surface area contributed by atoms with Crippen molar-refractivity contribution in [1.82, 2.24) is 10.6 Å². The molecule has 0 radical (unpaired) electrons. The van der Waals surface area contributed by atoms with E-state index in [0.29, 0.717) is 43.1 Å². The highest BCUT2D eigenvalue weighted by Gasteiger charge is 2.70. The van der Waals surface area contributed by atoms with Crippen LogP contribution in [-0.2, 0) is 33.1 Å². The summed E-state index contributed by atoms with van der Waals surface area (Å²) < 4.78 is 41.3. The third-order valence-electron chi connectivity index (χ3n) is 19.3. The van der Waals surface area contributed by atoms with Crippen LogP contribution in [0.2, 0.25) is 0 Å². The monoisotopic (exact) mass is 957 g/mol. The van der Waals surface area contributed by atoms with E-state index in [-0.39, 0.29) is 52.0 Å². The summed E-state index contributed by atoms with van der Waals surface area (Å²) >= 11 is 0. The fourth-order valence-electron chi connectivity index (χ4n) is 15.4. The first-order valence-corrected chi connectivity index (χ1v) is 28.1. The zero-order chi connectivity index (χ0) is 50.0. The molecule has 2 aliphatic heterocycles. The predicted octanol–water partition coefficient (Wildman–Crippen LogP) is 11.6. The van der Waals surface area contributed by atoms with Crippen molar-refractivity contribution in [2.75, 3.05) is 40.5 Å². The molecule has 0 spiro atoms. The van der Waals surface area contributed by atoms with E-state index in [0.717, 1.165) is 86.4 Å². The van der Waals surface area contributed by atoms with E-state index < -0.39 is 11.5 Å². The zero-order valence-corrected chi connectivity index (χ0v) is 46.1. The Hall–Kier alpha value is -2.56. The minimum atomic E-state index is -0.574. The van der Waals surface area contributed by atoms with E-state index in [2.05, 4.69) is 104 Å². The van der Waals surface area contributed by atoms with E-state index in [1.54, 1.807) is 0 Å². The molecule has 14 atom stereocenters. The lowest BCUT2D eigenvalue weighted by Gasteiger charge is -2.61. The summed E-state index contributed by atoms with van der Waals surface area (Å²) in [5, 5.41) is 20.4. The van der Waals surface area contributed by atoms with Crippen molar-refractivity contribution in [3.05, 3.63) is 46.5 Å². The van der Waals surface area contributed by atoms with Crippen LogP contribution >= 0.6 is 0 Å². The topological polar surface area (TPSA) is 99.7 Å². The summed E-state index contributed by atoms with van der Waals surface area (Å²) in [7, 11) is 3.72. The maximum absolute atomic E-state index is 12.2. The van der Waals surface area contributed by atoms with Gasteiger partial charge in [-0.3, -0.25) is 0 Å². The highest BCUT2D eigenvalue weighted by atomic mass is 16.6. The fraction of sp³-hybridized carbons (Fsp3) is 0.800. The standard InChI is InChI=1S/C56H84N2O7.2C2H6/c1-13-55-37-27-36(31(3)52(4,5)6)45(60-11)48(55)64-46-41(21-19-34(43(46)55)25-39(37)57-29-32-15-16-32)62-23-24-63-42-22-20-35-26-40(58-30-33-17-18-33)38-28-54(10,51(59)53(7,8)9)49(61-12)50-56(38,14-2)44(35)47(42)65-50;2*1-2/h19-22,31-33,36-40,45,48-51,57-59H,13-18,23-30H2,1-12H3;2*1-2H3/t31-,36-,37?,38?,39-,40-,45?,48+,49+,50+,51+,54+,55+,56+;;/m1../s1. The van der Waals surface area contributed by atoms with E-state index in [9.17, 15) is 5.11 Å². The van der Waals surface area contributed by atoms with Crippen LogP contribution in [0.1, 0.15) is 171 Å².